The number of halogens is 1. The quantitative estimate of drug-likeness (QED) is 0.805. The lowest BCUT2D eigenvalue weighted by atomic mass is 10.0. The third-order valence-corrected chi connectivity index (χ3v) is 4.01. The molecule has 4 nitrogen and oxygen atoms in total. The fourth-order valence-electron chi connectivity index (χ4n) is 2.42. The average molecular weight is 335 g/mol. The molecule has 1 aliphatic rings. The van der Waals surface area contributed by atoms with E-state index in [1.807, 2.05) is 18.2 Å². The SMILES string of the molecule is CCCn1ncc(Br)c1C(=O)c1ccc2c(c1)COC2. The maximum absolute atomic E-state index is 12.7. The zero-order valence-corrected chi connectivity index (χ0v) is 12.8. The first-order valence-electron chi connectivity index (χ1n) is 6.66. The molecule has 0 saturated heterocycles. The number of nitrogens with zero attached hydrogens (tertiary/aromatic N) is 2. The molecule has 1 aromatic carbocycles. The number of ether oxygens (including phenoxy) is 1. The van der Waals surface area contributed by atoms with Gasteiger partial charge in [-0.3, -0.25) is 9.48 Å². The molecule has 0 aliphatic carbocycles. The molecular weight excluding hydrogens is 320 g/mol. The van der Waals surface area contributed by atoms with Gasteiger partial charge in [-0.1, -0.05) is 19.1 Å². The number of fused-ring (bicyclic) bond motifs is 1. The molecule has 0 N–H and O–H groups in total. The fourth-order valence-corrected chi connectivity index (χ4v) is 2.90. The Bertz CT molecular complexity index is 664. The summed E-state index contributed by atoms with van der Waals surface area (Å²) in [6.45, 7) is 4.03. The standard InChI is InChI=1S/C15H15BrN2O2/c1-2-5-18-14(13(16)7-17-18)15(19)10-3-4-11-8-20-9-12(11)6-10/h3-4,6-7H,2,5,8-9H2,1H3. The molecule has 2 heterocycles. The predicted octanol–water partition coefficient (Wildman–Crippen LogP) is 3.32. The molecule has 20 heavy (non-hydrogen) atoms. The molecule has 0 radical (unpaired) electrons. The molecule has 0 spiro atoms. The van der Waals surface area contributed by atoms with Gasteiger partial charge in [-0.15, -0.1) is 0 Å². The third kappa shape index (κ3) is 2.31. The van der Waals surface area contributed by atoms with E-state index in [1.54, 1.807) is 10.9 Å². The number of benzene rings is 1. The van der Waals surface area contributed by atoms with E-state index in [2.05, 4.69) is 28.0 Å². The van der Waals surface area contributed by atoms with Crippen LogP contribution in [0.3, 0.4) is 0 Å². The van der Waals surface area contributed by atoms with Gasteiger partial charge in [0.15, 0.2) is 0 Å². The predicted molar refractivity (Wildman–Crippen MR) is 78.6 cm³/mol. The number of aromatic nitrogens is 2. The number of ketones is 1. The minimum absolute atomic E-state index is 0.00229. The van der Waals surface area contributed by atoms with Crippen LogP contribution in [-0.2, 0) is 24.5 Å². The molecule has 0 bridgehead atoms. The zero-order valence-electron chi connectivity index (χ0n) is 11.2. The first-order chi connectivity index (χ1) is 9.70. The number of carbonyl (C=O) groups is 1. The lowest BCUT2D eigenvalue weighted by Gasteiger charge is -2.07. The highest BCUT2D eigenvalue weighted by Crippen LogP contribution is 2.24. The van der Waals surface area contributed by atoms with Crippen LogP contribution in [0.1, 0.15) is 40.5 Å². The molecule has 5 heteroatoms. The Labute approximate surface area is 125 Å². The molecule has 0 saturated carbocycles. The molecule has 0 atom stereocenters. The van der Waals surface area contributed by atoms with Crippen LogP contribution in [0.25, 0.3) is 0 Å². The number of rotatable bonds is 4. The van der Waals surface area contributed by atoms with E-state index in [0.717, 1.165) is 23.0 Å². The van der Waals surface area contributed by atoms with E-state index < -0.39 is 0 Å². The van der Waals surface area contributed by atoms with Crippen molar-refractivity contribution in [2.24, 2.45) is 0 Å². The summed E-state index contributed by atoms with van der Waals surface area (Å²) in [4.78, 5) is 12.7. The topological polar surface area (TPSA) is 44.1 Å². The maximum atomic E-state index is 12.7. The van der Waals surface area contributed by atoms with Crippen molar-refractivity contribution in [3.8, 4) is 0 Å². The molecule has 1 aliphatic heterocycles. The Kier molecular flexibility index (Phi) is 3.72. The Morgan fingerprint density at radius 1 is 1.40 bits per heavy atom. The minimum atomic E-state index is -0.00229. The highest BCUT2D eigenvalue weighted by molar-refractivity contribution is 9.10. The Morgan fingerprint density at radius 3 is 3.00 bits per heavy atom. The first kappa shape index (κ1) is 13.5. The van der Waals surface area contributed by atoms with Crippen molar-refractivity contribution in [3.63, 3.8) is 0 Å². The monoisotopic (exact) mass is 334 g/mol. The van der Waals surface area contributed by atoms with Crippen LogP contribution < -0.4 is 0 Å². The van der Waals surface area contributed by atoms with Gasteiger partial charge in [0.05, 0.1) is 23.9 Å². The van der Waals surface area contributed by atoms with Gasteiger partial charge in [-0.05, 0) is 39.5 Å². The smallest absolute Gasteiger partial charge is 0.212 e. The number of carbonyl (C=O) groups excluding carboxylic acids is 1. The van der Waals surface area contributed by atoms with Gasteiger partial charge in [0.2, 0.25) is 5.78 Å². The second kappa shape index (κ2) is 5.50. The van der Waals surface area contributed by atoms with Crippen LogP contribution in [-0.4, -0.2) is 15.6 Å². The van der Waals surface area contributed by atoms with E-state index >= 15 is 0 Å². The van der Waals surface area contributed by atoms with E-state index in [-0.39, 0.29) is 5.78 Å². The molecule has 3 rings (SSSR count). The lowest BCUT2D eigenvalue weighted by Crippen LogP contribution is -2.12. The Balaban J connectivity index is 1.98. The highest BCUT2D eigenvalue weighted by Gasteiger charge is 2.20. The van der Waals surface area contributed by atoms with Crippen molar-refractivity contribution < 1.29 is 9.53 Å². The van der Waals surface area contributed by atoms with Gasteiger partial charge in [-0.2, -0.15) is 5.10 Å². The van der Waals surface area contributed by atoms with Crippen molar-refractivity contribution in [1.82, 2.24) is 9.78 Å². The van der Waals surface area contributed by atoms with Gasteiger partial charge in [0, 0.05) is 12.1 Å². The summed E-state index contributed by atoms with van der Waals surface area (Å²) in [6.07, 6.45) is 2.62. The summed E-state index contributed by atoms with van der Waals surface area (Å²) >= 11 is 3.42. The third-order valence-electron chi connectivity index (χ3n) is 3.43. The van der Waals surface area contributed by atoms with E-state index in [9.17, 15) is 4.79 Å². The van der Waals surface area contributed by atoms with Crippen molar-refractivity contribution in [1.29, 1.82) is 0 Å². The largest absolute Gasteiger partial charge is 0.372 e. The van der Waals surface area contributed by atoms with Gasteiger partial charge in [0.1, 0.15) is 5.69 Å². The number of aryl methyl sites for hydroxylation is 1. The van der Waals surface area contributed by atoms with Crippen LogP contribution >= 0.6 is 15.9 Å². The van der Waals surface area contributed by atoms with Crippen LogP contribution in [0.15, 0.2) is 28.9 Å². The molecular formula is C15H15BrN2O2. The normalized spacial score (nSPS) is 13.5. The van der Waals surface area contributed by atoms with E-state index in [1.165, 1.54) is 5.56 Å². The molecule has 0 amide bonds. The zero-order chi connectivity index (χ0) is 14.1. The van der Waals surface area contributed by atoms with Gasteiger partial charge < -0.3 is 4.74 Å². The molecule has 0 fully saturated rings. The second-order valence-electron chi connectivity index (χ2n) is 4.87. The van der Waals surface area contributed by atoms with Crippen molar-refractivity contribution in [2.45, 2.75) is 33.1 Å². The highest BCUT2D eigenvalue weighted by atomic mass is 79.9. The first-order valence-corrected chi connectivity index (χ1v) is 7.45. The fraction of sp³-hybridized carbons (Fsp3) is 0.333. The molecule has 2 aromatic rings. The van der Waals surface area contributed by atoms with Crippen LogP contribution in [0.2, 0.25) is 0 Å². The minimum Gasteiger partial charge on any atom is -0.372 e. The maximum Gasteiger partial charge on any atom is 0.212 e. The Hall–Kier alpha value is -1.46. The summed E-state index contributed by atoms with van der Waals surface area (Å²) in [7, 11) is 0. The second-order valence-corrected chi connectivity index (χ2v) is 5.72. The number of hydrogen-bond acceptors (Lipinski definition) is 3. The average Bonchev–Trinajstić information content (AvgIpc) is 3.04. The van der Waals surface area contributed by atoms with Gasteiger partial charge in [-0.25, -0.2) is 0 Å². The summed E-state index contributed by atoms with van der Waals surface area (Å²) in [5.41, 5.74) is 3.58. The van der Waals surface area contributed by atoms with Crippen LogP contribution in [0.5, 0.6) is 0 Å². The summed E-state index contributed by atoms with van der Waals surface area (Å²) in [5, 5.41) is 4.25. The van der Waals surface area contributed by atoms with Gasteiger partial charge >= 0.3 is 0 Å². The van der Waals surface area contributed by atoms with Gasteiger partial charge in [0.25, 0.3) is 0 Å². The summed E-state index contributed by atoms with van der Waals surface area (Å²) in [6, 6.07) is 5.77. The van der Waals surface area contributed by atoms with Crippen LogP contribution in [0.4, 0.5) is 0 Å². The van der Waals surface area contributed by atoms with Crippen molar-refractivity contribution >= 4 is 21.7 Å². The molecule has 0 unspecified atom stereocenters. The molecule has 1 aromatic heterocycles. The van der Waals surface area contributed by atoms with E-state index in [4.69, 9.17) is 4.74 Å². The van der Waals surface area contributed by atoms with E-state index in [0.29, 0.717) is 24.5 Å². The lowest BCUT2D eigenvalue weighted by molar-refractivity contribution is 0.102. The molecule has 104 valence electrons. The summed E-state index contributed by atoms with van der Waals surface area (Å²) in [5.74, 6) is -0.00229. The van der Waals surface area contributed by atoms with Crippen molar-refractivity contribution in [3.05, 3.63) is 51.3 Å². The summed E-state index contributed by atoms with van der Waals surface area (Å²) < 4.78 is 7.89. The Morgan fingerprint density at radius 2 is 2.20 bits per heavy atom. The van der Waals surface area contributed by atoms with Crippen LogP contribution in [0, 0.1) is 0 Å². The number of hydrogen-bond donors (Lipinski definition) is 0. The van der Waals surface area contributed by atoms with Crippen molar-refractivity contribution in [2.75, 3.05) is 0 Å².